The van der Waals surface area contributed by atoms with Crippen molar-refractivity contribution in [3.05, 3.63) is 48.6 Å². The summed E-state index contributed by atoms with van der Waals surface area (Å²) in [5.74, 6) is -0.815. The third kappa shape index (κ3) is 34.1. The molecule has 70 heavy (non-hydrogen) atoms. The molecule has 0 spiro atoms. The van der Waals surface area contributed by atoms with Gasteiger partial charge in [0.25, 0.3) is 0 Å². The Morgan fingerprint density at radius 2 is 1.16 bits per heavy atom. The van der Waals surface area contributed by atoms with Gasteiger partial charge < -0.3 is 44.2 Å². The summed E-state index contributed by atoms with van der Waals surface area (Å²) in [6.45, 7) is 11.5. The maximum absolute atomic E-state index is 12.8. The molecule has 0 bridgehead atoms. The van der Waals surface area contributed by atoms with Gasteiger partial charge in [-0.25, -0.2) is 0 Å². The number of unbranched alkanes of at least 4 members (excludes halogenated alkanes) is 18. The molecule has 0 aliphatic carbocycles. The van der Waals surface area contributed by atoms with Crippen LogP contribution in [0.4, 0.5) is 0 Å². The Morgan fingerprint density at radius 1 is 0.657 bits per heavy atom. The number of aliphatic hydroxyl groups excluding tert-OH is 1. The van der Waals surface area contributed by atoms with Gasteiger partial charge in [-0.1, -0.05) is 146 Å². The molecule has 2 rings (SSSR count). The van der Waals surface area contributed by atoms with Crippen LogP contribution in [0, 0.1) is 0 Å². The van der Waals surface area contributed by atoms with E-state index in [1.165, 1.54) is 135 Å². The number of nitrogens with one attached hydrogen (secondary N) is 2. The van der Waals surface area contributed by atoms with E-state index in [4.69, 9.17) is 28.4 Å². The van der Waals surface area contributed by atoms with E-state index in [2.05, 4.69) is 73.1 Å². The maximum Gasteiger partial charge on any atom is 0.234 e. The highest BCUT2D eigenvalue weighted by Gasteiger charge is 2.41. The summed E-state index contributed by atoms with van der Waals surface area (Å²) in [6, 6.07) is -0.620. The minimum atomic E-state index is -0.737. The predicted octanol–water partition coefficient (Wildman–Crippen LogP) is 12.0. The van der Waals surface area contributed by atoms with E-state index in [1.807, 2.05) is 18.9 Å². The average molecular weight is 988 g/mol. The molecule has 2 amide bonds. The minimum absolute atomic E-state index is 0.0507. The van der Waals surface area contributed by atoms with Crippen LogP contribution in [0.2, 0.25) is 0 Å². The number of ether oxygens (including phenoxy) is 6. The number of hydrogen-bond acceptors (Lipinski definition) is 10. The van der Waals surface area contributed by atoms with Gasteiger partial charge in [-0.05, 0) is 90.5 Å². The summed E-state index contributed by atoms with van der Waals surface area (Å²) < 4.78 is 36.4. The molecular formula is C58H105N3O9. The lowest BCUT2D eigenvalue weighted by Crippen LogP contribution is -2.57. The molecule has 0 aromatic carbocycles. The highest BCUT2D eigenvalue weighted by Crippen LogP contribution is 2.35. The van der Waals surface area contributed by atoms with Gasteiger partial charge in [-0.2, -0.15) is 0 Å². The van der Waals surface area contributed by atoms with E-state index < -0.39 is 24.2 Å². The number of carbonyl (C=O) groups is 2. The Morgan fingerprint density at radius 3 is 1.69 bits per heavy atom. The fraction of sp³-hybridized carbons (Fsp3) is 0.828. The molecule has 2 saturated heterocycles. The van der Waals surface area contributed by atoms with Gasteiger partial charge in [-0.15, -0.1) is 0 Å². The molecule has 406 valence electrons. The van der Waals surface area contributed by atoms with Crippen molar-refractivity contribution in [2.24, 2.45) is 0 Å². The standard InChI is InChI=1S/C58H105N3O9/c1-6-9-11-13-15-17-19-21-23-25-27-29-31-33-35-37-39-58(40-38-36-34-32-30-28-26-24-22-20-18-16-14-12-10-7-2)68-50-53(70-58)48-61(5)49-55(64)59-41-42-65-43-44-66-45-46-67-57-56(60-51(4)62)54(63)47-52(8-3)69-57/h15-18,21-24,52-54,56-57,63H,6-14,19-20,25-50H2,1-5H3,(H,59,64)(H,60,62)/b17-15-,18-16-,23-21-,24-22-/t52?,53-,54?,56-,57+/m0/s1. The molecule has 0 aromatic rings. The number of amides is 2. The smallest absolute Gasteiger partial charge is 0.234 e. The van der Waals surface area contributed by atoms with E-state index in [0.29, 0.717) is 52.5 Å². The largest absolute Gasteiger partial charge is 0.391 e. The Labute approximate surface area is 427 Å². The van der Waals surface area contributed by atoms with Crippen molar-refractivity contribution < 1.29 is 43.1 Å². The Hall–Kier alpha value is -2.42. The molecule has 0 radical (unpaired) electrons. The topological polar surface area (TPSA) is 137 Å². The lowest BCUT2D eigenvalue weighted by atomic mass is 9.98. The van der Waals surface area contributed by atoms with Gasteiger partial charge >= 0.3 is 0 Å². The molecule has 12 heteroatoms. The molecule has 0 saturated carbocycles. The van der Waals surface area contributed by atoms with Gasteiger partial charge in [0.2, 0.25) is 11.8 Å². The lowest BCUT2D eigenvalue weighted by Gasteiger charge is -2.39. The first-order chi connectivity index (χ1) is 34.2. The summed E-state index contributed by atoms with van der Waals surface area (Å²) in [5.41, 5.74) is 0. The van der Waals surface area contributed by atoms with Crippen LogP contribution in [0.25, 0.3) is 0 Å². The third-order valence-corrected chi connectivity index (χ3v) is 13.2. The summed E-state index contributed by atoms with van der Waals surface area (Å²) in [4.78, 5) is 26.5. The average Bonchev–Trinajstić information content (AvgIpc) is 3.74. The Balaban J connectivity index is 1.65. The van der Waals surface area contributed by atoms with Crippen molar-refractivity contribution in [1.82, 2.24) is 15.5 Å². The predicted molar refractivity (Wildman–Crippen MR) is 287 cm³/mol. The van der Waals surface area contributed by atoms with E-state index in [9.17, 15) is 14.7 Å². The van der Waals surface area contributed by atoms with Crippen molar-refractivity contribution >= 4 is 11.8 Å². The van der Waals surface area contributed by atoms with Crippen molar-refractivity contribution in [2.75, 3.05) is 66.3 Å². The zero-order valence-electron chi connectivity index (χ0n) is 45.3. The number of allylic oxidation sites excluding steroid dienone is 8. The van der Waals surface area contributed by atoms with E-state index in [1.54, 1.807) is 0 Å². The highest BCUT2D eigenvalue weighted by molar-refractivity contribution is 5.77. The first-order valence-electron chi connectivity index (χ1n) is 28.5. The molecule has 2 aliphatic rings. The highest BCUT2D eigenvalue weighted by atomic mass is 16.7. The molecule has 2 heterocycles. The number of likely N-dealkylation sites (N-methyl/N-ethyl adjacent to an activating group) is 1. The first kappa shape index (κ1) is 63.7. The fourth-order valence-corrected chi connectivity index (χ4v) is 9.11. The molecule has 5 atom stereocenters. The van der Waals surface area contributed by atoms with Gasteiger partial charge in [0.05, 0.1) is 64.5 Å². The fourth-order valence-electron chi connectivity index (χ4n) is 9.11. The van der Waals surface area contributed by atoms with E-state index in [0.717, 1.165) is 44.9 Å². The van der Waals surface area contributed by atoms with Crippen LogP contribution in [0.5, 0.6) is 0 Å². The van der Waals surface area contributed by atoms with Crippen LogP contribution in [-0.2, 0) is 38.0 Å². The summed E-state index contributed by atoms with van der Waals surface area (Å²) in [5, 5.41) is 16.2. The zero-order valence-corrected chi connectivity index (χ0v) is 45.3. The number of aliphatic hydroxyl groups is 1. The molecule has 2 aliphatic heterocycles. The number of rotatable bonds is 46. The summed E-state index contributed by atoms with van der Waals surface area (Å²) in [6.07, 6.45) is 49.6. The van der Waals surface area contributed by atoms with Gasteiger partial charge in [0.15, 0.2) is 12.1 Å². The van der Waals surface area contributed by atoms with Crippen LogP contribution >= 0.6 is 0 Å². The Bertz CT molecular complexity index is 1330. The second-order valence-corrected chi connectivity index (χ2v) is 19.8. The second-order valence-electron chi connectivity index (χ2n) is 19.8. The number of carbonyl (C=O) groups excluding carboxylic acids is 2. The molecule has 2 unspecified atom stereocenters. The van der Waals surface area contributed by atoms with E-state index in [-0.39, 0.29) is 37.2 Å². The van der Waals surface area contributed by atoms with Crippen molar-refractivity contribution in [1.29, 1.82) is 0 Å². The Kier molecular flexibility index (Phi) is 40.1. The van der Waals surface area contributed by atoms with Crippen molar-refractivity contribution in [3.8, 4) is 0 Å². The number of hydrogen-bond donors (Lipinski definition) is 3. The lowest BCUT2D eigenvalue weighted by molar-refractivity contribution is -0.234. The van der Waals surface area contributed by atoms with Crippen LogP contribution < -0.4 is 10.6 Å². The monoisotopic (exact) mass is 988 g/mol. The summed E-state index contributed by atoms with van der Waals surface area (Å²) >= 11 is 0. The van der Waals surface area contributed by atoms with Gasteiger partial charge in [0, 0.05) is 39.3 Å². The molecular weight excluding hydrogens is 883 g/mol. The molecule has 2 fully saturated rings. The van der Waals surface area contributed by atoms with E-state index >= 15 is 0 Å². The molecule has 3 N–H and O–H groups in total. The molecule has 12 nitrogen and oxygen atoms in total. The zero-order chi connectivity index (χ0) is 50.6. The van der Waals surface area contributed by atoms with Crippen LogP contribution in [-0.4, -0.2) is 125 Å². The van der Waals surface area contributed by atoms with Crippen LogP contribution in [0.3, 0.4) is 0 Å². The van der Waals surface area contributed by atoms with Crippen molar-refractivity contribution in [3.63, 3.8) is 0 Å². The third-order valence-electron chi connectivity index (χ3n) is 13.2. The maximum atomic E-state index is 12.8. The number of nitrogens with zero attached hydrogens (tertiary/aromatic N) is 1. The minimum Gasteiger partial charge on any atom is -0.391 e. The van der Waals surface area contributed by atoms with Crippen molar-refractivity contribution in [2.45, 2.75) is 244 Å². The molecule has 0 aromatic heterocycles. The first-order valence-corrected chi connectivity index (χ1v) is 28.5. The SMILES string of the molecule is CCCCC/C=C\C/C=C\CCCCCCCCC1(CCCCCCCC/C=C\C/C=C\CCCCC)OC[C@H](CN(C)CC(=O)NCCOCCOCCO[C@@H]2OC(CC)CC(O)[C@@H]2NC(C)=O)O1. The van der Waals surface area contributed by atoms with Gasteiger partial charge in [0.1, 0.15) is 6.04 Å². The van der Waals surface area contributed by atoms with Gasteiger partial charge in [-0.3, -0.25) is 14.5 Å². The quantitative estimate of drug-likeness (QED) is 0.0399. The second kappa shape index (κ2) is 44.1. The van der Waals surface area contributed by atoms with Crippen LogP contribution in [0.1, 0.15) is 207 Å². The summed E-state index contributed by atoms with van der Waals surface area (Å²) in [7, 11) is 1.97. The normalized spacial score (nSPS) is 20.6. The van der Waals surface area contributed by atoms with Crippen LogP contribution in [0.15, 0.2) is 48.6 Å².